The Labute approximate surface area is 137 Å². The summed E-state index contributed by atoms with van der Waals surface area (Å²) in [6.45, 7) is 3.71. The molecule has 2 heterocycles. The highest BCUT2D eigenvalue weighted by Gasteiger charge is 2.50. The quantitative estimate of drug-likeness (QED) is 0.593. The van der Waals surface area contributed by atoms with Gasteiger partial charge in [0.05, 0.1) is 0 Å². The maximum atomic E-state index is 11.4. The Bertz CT molecular complexity index is 568. The fraction of sp³-hybridized carbons (Fsp3) is 0.533. The summed E-state index contributed by atoms with van der Waals surface area (Å²) < 4.78 is 21.4. The second-order valence-electron chi connectivity index (χ2n) is 5.06. The molecule has 0 saturated carbocycles. The first kappa shape index (κ1) is 17.4. The van der Waals surface area contributed by atoms with Gasteiger partial charge in [0.25, 0.3) is 0 Å². The largest absolute Gasteiger partial charge is 0.463 e. The van der Waals surface area contributed by atoms with Crippen LogP contribution in [-0.2, 0) is 33.3 Å². The summed E-state index contributed by atoms with van der Waals surface area (Å²) >= 11 is 1.43. The van der Waals surface area contributed by atoms with Gasteiger partial charge in [-0.3, -0.25) is 14.4 Å². The Hall–Kier alpha value is -1.93. The molecule has 1 saturated heterocycles. The molecule has 1 aromatic rings. The first-order chi connectivity index (χ1) is 10.9. The van der Waals surface area contributed by atoms with E-state index in [4.69, 9.17) is 18.9 Å². The first-order valence-corrected chi connectivity index (χ1v) is 7.93. The molecule has 1 fully saturated rings. The lowest BCUT2D eigenvalue weighted by molar-refractivity contribution is -0.165. The maximum Gasteiger partial charge on any atom is 0.303 e. The summed E-state index contributed by atoms with van der Waals surface area (Å²) in [7, 11) is 0. The number of hydrogen-bond donors (Lipinski definition) is 0. The van der Waals surface area contributed by atoms with Crippen LogP contribution in [0.1, 0.15) is 31.8 Å². The molecule has 0 aliphatic carbocycles. The Kier molecular flexibility index (Phi) is 5.73. The number of esters is 3. The van der Waals surface area contributed by atoms with Gasteiger partial charge in [0.1, 0.15) is 18.8 Å². The average molecular weight is 342 g/mol. The number of thiophene rings is 1. The van der Waals surface area contributed by atoms with Gasteiger partial charge in [-0.15, -0.1) is 11.3 Å². The van der Waals surface area contributed by atoms with Crippen LogP contribution in [0.15, 0.2) is 17.5 Å². The van der Waals surface area contributed by atoms with Gasteiger partial charge in [-0.05, 0) is 11.4 Å². The summed E-state index contributed by atoms with van der Waals surface area (Å²) in [5, 5.41) is 1.86. The zero-order chi connectivity index (χ0) is 17.0. The highest BCUT2D eigenvalue weighted by Crippen LogP contribution is 2.39. The van der Waals surface area contributed by atoms with Crippen LogP contribution in [-0.4, -0.2) is 42.8 Å². The second-order valence-corrected chi connectivity index (χ2v) is 6.04. The van der Waals surface area contributed by atoms with Gasteiger partial charge < -0.3 is 18.9 Å². The van der Waals surface area contributed by atoms with Crippen molar-refractivity contribution in [2.24, 2.45) is 0 Å². The molecular formula is C15H18O7S. The van der Waals surface area contributed by atoms with Crippen molar-refractivity contribution in [3.8, 4) is 0 Å². The molecule has 126 valence electrons. The standard InChI is InChI=1S/C15H18O7S/c1-8(16)19-7-11-13(20-9(2)17)15(21-10(3)18)14(22-11)12-5-4-6-23-12/h4-6,11,13-15H,7H2,1-3H3/t11-,13-,14+,15-/m1/s1. The third kappa shape index (κ3) is 4.52. The molecule has 4 atom stereocenters. The summed E-state index contributed by atoms with van der Waals surface area (Å²) in [6.07, 6.45) is -2.93. The third-order valence-electron chi connectivity index (χ3n) is 3.19. The van der Waals surface area contributed by atoms with Gasteiger partial charge in [-0.2, -0.15) is 0 Å². The van der Waals surface area contributed by atoms with Gasteiger partial charge in [-0.25, -0.2) is 0 Å². The number of rotatable bonds is 5. The monoisotopic (exact) mass is 342 g/mol. The fourth-order valence-corrected chi connectivity index (χ4v) is 3.19. The molecule has 0 radical (unpaired) electrons. The van der Waals surface area contributed by atoms with Crippen LogP contribution in [0.3, 0.4) is 0 Å². The average Bonchev–Trinajstić information content (AvgIpc) is 3.05. The zero-order valence-corrected chi connectivity index (χ0v) is 13.8. The van der Waals surface area contributed by atoms with Crippen LogP contribution in [0, 0.1) is 0 Å². The Balaban J connectivity index is 2.25. The second kappa shape index (κ2) is 7.56. The van der Waals surface area contributed by atoms with E-state index in [0.29, 0.717) is 0 Å². The normalized spacial score (nSPS) is 26.6. The van der Waals surface area contributed by atoms with E-state index in [1.807, 2.05) is 17.5 Å². The third-order valence-corrected chi connectivity index (χ3v) is 4.12. The molecule has 2 rings (SSSR count). The summed E-state index contributed by atoms with van der Waals surface area (Å²) in [5.41, 5.74) is 0. The molecule has 8 heteroatoms. The van der Waals surface area contributed by atoms with Crippen molar-refractivity contribution < 1.29 is 33.3 Å². The summed E-state index contributed by atoms with van der Waals surface area (Å²) in [5.74, 6) is -1.51. The van der Waals surface area contributed by atoms with Gasteiger partial charge in [0.2, 0.25) is 0 Å². The van der Waals surface area contributed by atoms with E-state index in [0.717, 1.165) is 4.88 Å². The Morgan fingerprint density at radius 3 is 2.26 bits per heavy atom. The Morgan fingerprint density at radius 1 is 1.09 bits per heavy atom. The molecule has 1 aromatic heterocycles. The van der Waals surface area contributed by atoms with Crippen LogP contribution in [0.5, 0.6) is 0 Å². The van der Waals surface area contributed by atoms with Gasteiger partial charge in [0, 0.05) is 25.6 Å². The minimum atomic E-state index is -0.845. The molecule has 0 aromatic carbocycles. The highest BCUT2D eigenvalue weighted by atomic mass is 32.1. The lowest BCUT2D eigenvalue weighted by atomic mass is 10.1. The van der Waals surface area contributed by atoms with Crippen molar-refractivity contribution in [3.63, 3.8) is 0 Å². The van der Waals surface area contributed by atoms with E-state index < -0.39 is 42.3 Å². The number of ether oxygens (including phenoxy) is 4. The van der Waals surface area contributed by atoms with E-state index >= 15 is 0 Å². The minimum Gasteiger partial charge on any atom is -0.463 e. The van der Waals surface area contributed by atoms with Crippen molar-refractivity contribution >= 4 is 29.2 Å². The van der Waals surface area contributed by atoms with E-state index in [1.165, 1.54) is 32.1 Å². The number of carbonyl (C=O) groups is 3. The topological polar surface area (TPSA) is 88.1 Å². The molecule has 23 heavy (non-hydrogen) atoms. The highest BCUT2D eigenvalue weighted by molar-refractivity contribution is 7.10. The molecule has 0 spiro atoms. The van der Waals surface area contributed by atoms with Gasteiger partial charge in [0.15, 0.2) is 12.2 Å². The first-order valence-electron chi connectivity index (χ1n) is 7.05. The van der Waals surface area contributed by atoms with Gasteiger partial charge >= 0.3 is 17.9 Å². The minimum absolute atomic E-state index is 0.0904. The number of hydrogen-bond acceptors (Lipinski definition) is 8. The molecule has 0 bridgehead atoms. The molecule has 0 N–H and O–H groups in total. The predicted molar refractivity (Wildman–Crippen MR) is 79.7 cm³/mol. The lowest BCUT2D eigenvalue weighted by Crippen LogP contribution is -2.40. The van der Waals surface area contributed by atoms with E-state index in [-0.39, 0.29) is 6.61 Å². The molecule has 1 aliphatic rings. The molecule has 7 nitrogen and oxygen atoms in total. The summed E-state index contributed by atoms with van der Waals surface area (Å²) in [6, 6.07) is 3.68. The molecule has 1 aliphatic heterocycles. The lowest BCUT2D eigenvalue weighted by Gasteiger charge is -2.23. The van der Waals surface area contributed by atoms with Crippen molar-refractivity contribution in [1.82, 2.24) is 0 Å². The van der Waals surface area contributed by atoms with Crippen molar-refractivity contribution in [2.75, 3.05) is 6.61 Å². The van der Waals surface area contributed by atoms with Gasteiger partial charge in [-0.1, -0.05) is 6.07 Å². The number of carbonyl (C=O) groups excluding carboxylic acids is 3. The van der Waals surface area contributed by atoms with Crippen molar-refractivity contribution in [2.45, 2.75) is 45.2 Å². The summed E-state index contributed by atoms with van der Waals surface area (Å²) in [4.78, 5) is 34.7. The van der Waals surface area contributed by atoms with E-state index in [1.54, 1.807) is 0 Å². The SMILES string of the molecule is CC(=O)OC[C@H]1O[C@@H](c2cccs2)[C@H](OC(C)=O)[C@@H]1OC(C)=O. The van der Waals surface area contributed by atoms with Crippen molar-refractivity contribution in [3.05, 3.63) is 22.4 Å². The van der Waals surface area contributed by atoms with Crippen LogP contribution in [0.25, 0.3) is 0 Å². The van der Waals surface area contributed by atoms with E-state index in [2.05, 4.69) is 0 Å². The maximum absolute atomic E-state index is 11.4. The Morgan fingerprint density at radius 2 is 1.74 bits per heavy atom. The predicted octanol–water partition coefficient (Wildman–Crippen LogP) is 1.61. The van der Waals surface area contributed by atoms with Crippen LogP contribution in [0.4, 0.5) is 0 Å². The fourth-order valence-electron chi connectivity index (χ4n) is 2.40. The van der Waals surface area contributed by atoms with Crippen LogP contribution < -0.4 is 0 Å². The smallest absolute Gasteiger partial charge is 0.303 e. The van der Waals surface area contributed by atoms with Crippen LogP contribution >= 0.6 is 11.3 Å². The zero-order valence-electron chi connectivity index (χ0n) is 13.0. The molecular weight excluding hydrogens is 324 g/mol. The van der Waals surface area contributed by atoms with Crippen molar-refractivity contribution in [1.29, 1.82) is 0 Å². The molecule has 0 unspecified atom stereocenters. The van der Waals surface area contributed by atoms with E-state index in [9.17, 15) is 14.4 Å². The van der Waals surface area contributed by atoms with Crippen LogP contribution in [0.2, 0.25) is 0 Å². The molecule has 0 amide bonds.